The number of unbranched alkanes of at least 4 members (excludes halogenated alkanes) is 3. The van der Waals surface area contributed by atoms with Crippen molar-refractivity contribution in [1.29, 1.82) is 0 Å². The zero-order chi connectivity index (χ0) is 49.9. The quantitative estimate of drug-likeness (QED) is 0.0622. The van der Waals surface area contributed by atoms with E-state index in [1.807, 2.05) is 77.1 Å². The summed E-state index contributed by atoms with van der Waals surface area (Å²) in [5, 5.41) is 0. The van der Waals surface area contributed by atoms with Crippen molar-refractivity contribution in [2.45, 2.75) is 65.4 Å². The SMILES string of the molecule is CCCCCC[n+]1ccc(-c2cc(-c3ccc(C)cc3)[n+](-c3ccc(-[n+]4c(-c5ccc(C(F)(F)F)cc5)cc(-c5cc[n+](C)cc5)cc4-c4ccc(C(F)(F)F)cc4)cc3)c(-c3ccc(C)cc3)c2)cc1. The third kappa shape index (κ3) is 10.9. The second-order valence-electron chi connectivity index (χ2n) is 18.2. The molecule has 0 aliphatic carbocycles. The number of halogens is 6. The van der Waals surface area contributed by atoms with Gasteiger partial charge in [-0.15, -0.1) is 0 Å². The van der Waals surface area contributed by atoms with E-state index < -0.39 is 23.5 Å². The average molecular weight is 957 g/mol. The van der Waals surface area contributed by atoms with Crippen LogP contribution in [0.4, 0.5) is 26.3 Å². The molecule has 0 saturated heterocycles. The minimum Gasteiger partial charge on any atom is -0.208 e. The molecule has 0 spiro atoms. The number of rotatable bonds is 13. The van der Waals surface area contributed by atoms with Crippen LogP contribution >= 0.6 is 0 Å². The van der Waals surface area contributed by atoms with Crippen LogP contribution in [0.2, 0.25) is 0 Å². The number of aromatic nitrogens is 4. The Kier molecular flexibility index (Phi) is 13.8. The Morgan fingerprint density at radius 1 is 0.366 bits per heavy atom. The molecular weight excluding hydrogens is 903 g/mol. The van der Waals surface area contributed by atoms with Gasteiger partial charge in [0.25, 0.3) is 0 Å². The second-order valence-corrected chi connectivity index (χ2v) is 18.2. The molecule has 71 heavy (non-hydrogen) atoms. The van der Waals surface area contributed by atoms with Crippen LogP contribution in [0, 0.1) is 13.8 Å². The number of alkyl halides is 6. The topological polar surface area (TPSA) is 15.5 Å². The van der Waals surface area contributed by atoms with Crippen molar-refractivity contribution in [1.82, 2.24) is 0 Å². The summed E-state index contributed by atoms with van der Waals surface area (Å²) >= 11 is 0. The largest absolute Gasteiger partial charge is 0.416 e. The number of nitrogens with zero attached hydrogens (tertiary/aromatic N) is 4. The fourth-order valence-electron chi connectivity index (χ4n) is 9.00. The molecular formula is C61H54F6N4+4. The highest BCUT2D eigenvalue weighted by molar-refractivity contribution is 5.76. The summed E-state index contributed by atoms with van der Waals surface area (Å²) in [6, 6.07) is 51.3. The molecule has 0 radical (unpaired) electrons. The van der Waals surface area contributed by atoms with E-state index in [2.05, 4.69) is 115 Å². The molecule has 0 atom stereocenters. The Hall–Kier alpha value is -7.72. The molecule has 356 valence electrons. The van der Waals surface area contributed by atoms with E-state index in [4.69, 9.17) is 0 Å². The van der Waals surface area contributed by atoms with Crippen LogP contribution in [0.1, 0.15) is 54.9 Å². The van der Waals surface area contributed by atoms with Gasteiger partial charge in [0, 0.05) is 101 Å². The third-order valence-electron chi connectivity index (χ3n) is 13.0. The molecule has 5 aromatic carbocycles. The smallest absolute Gasteiger partial charge is 0.208 e. The summed E-state index contributed by atoms with van der Waals surface area (Å²) in [4.78, 5) is 0. The maximum Gasteiger partial charge on any atom is 0.416 e. The molecule has 0 aliphatic heterocycles. The number of pyridine rings is 4. The lowest BCUT2D eigenvalue weighted by atomic mass is 9.97. The van der Waals surface area contributed by atoms with Gasteiger partial charge in [0.15, 0.2) is 24.8 Å². The van der Waals surface area contributed by atoms with E-state index in [0.717, 1.165) is 98.8 Å². The fraction of sp³-hybridized carbons (Fsp3) is 0.180. The van der Waals surface area contributed by atoms with E-state index in [1.54, 1.807) is 0 Å². The number of hydrogen-bond acceptors (Lipinski definition) is 0. The minimum absolute atomic E-state index is 0.481. The van der Waals surface area contributed by atoms with Crippen molar-refractivity contribution in [2.75, 3.05) is 0 Å². The highest BCUT2D eigenvalue weighted by Gasteiger charge is 2.34. The predicted octanol–water partition coefficient (Wildman–Crippen LogP) is 14.6. The molecule has 4 nitrogen and oxygen atoms in total. The lowest BCUT2D eigenvalue weighted by molar-refractivity contribution is -0.697. The zero-order valence-corrected chi connectivity index (χ0v) is 40.1. The highest BCUT2D eigenvalue weighted by atomic mass is 19.4. The first-order chi connectivity index (χ1) is 34.1. The van der Waals surface area contributed by atoms with Crippen molar-refractivity contribution in [3.8, 4) is 78.7 Å². The van der Waals surface area contributed by atoms with Gasteiger partial charge in [0.1, 0.15) is 13.6 Å². The van der Waals surface area contributed by atoms with E-state index in [0.29, 0.717) is 28.2 Å². The molecule has 4 heterocycles. The monoisotopic (exact) mass is 956 g/mol. The molecule has 0 unspecified atom stereocenters. The van der Waals surface area contributed by atoms with Crippen LogP contribution in [0.3, 0.4) is 0 Å². The van der Waals surface area contributed by atoms with Gasteiger partial charge in [-0.1, -0.05) is 55.2 Å². The van der Waals surface area contributed by atoms with Crippen molar-refractivity contribution >= 4 is 0 Å². The van der Waals surface area contributed by atoms with Crippen LogP contribution in [0.5, 0.6) is 0 Å². The normalized spacial score (nSPS) is 11.8. The standard InChI is InChI=1S/C61H54F6N4/c1-5-6-7-8-33-69-36-31-45(32-37-69)51-40-56(46-13-9-42(2)10-14-46)70(57(41-51)47-15-11-43(3)12-16-47)54-25-27-55(28-26-54)71-58(48-17-21-52(22-18-48)60(62,63)64)38-50(44-29-34-68(4)35-30-44)39-59(71)49-19-23-53(24-20-49)61(65,66)67/h9-32,34-41H,5-8,33H2,1-4H3/q+4. The lowest BCUT2D eigenvalue weighted by Gasteiger charge is -2.15. The maximum atomic E-state index is 14.0. The number of aryl methyl sites for hydroxylation is 4. The molecule has 0 bridgehead atoms. The average Bonchev–Trinajstić information content (AvgIpc) is 3.37. The number of hydrogen-bond donors (Lipinski definition) is 0. The second kappa shape index (κ2) is 20.3. The van der Waals surface area contributed by atoms with Gasteiger partial charge >= 0.3 is 12.4 Å². The van der Waals surface area contributed by atoms with Gasteiger partial charge in [-0.3, -0.25) is 0 Å². The Balaban J connectivity index is 1.26. The van der Waals surface area contributed by atoms with Gasteiger partial charge in [0.2, 0.25) is 34.2 Å². The maximum absolute atomic E-state index is 14.0. The lowest BCUT2D eigenvalue weighted by Crippen LogP contribution is -2.38. The molecule has 0 N–H and O–H groups in total. The molecule has 10 heteroatoms. The summed E-state index contributed by atoms with van der Waals surface area (Å²) in [6.07, 6.45) is 3.70. The first kappa shape index (κ1) is 48.3. The van der Waals surface area contributed by atoms with E-state index in [-0.39, 0.29) is 0 Å². The minimum atomic E-state index is -4.56. The molecule has 4 aromatic heterocycles. The summed E-state index contributed by atoms with van der Waals surface area (Å²) in [5.74, 6) is 0. The Labute approximate surface area is 411 Å². The Bertz CT molecular complexity index is 3130. The Morgan fingerprint density at radius 2 is 0.704 bits per heavy atom. The molecule has 0 amide bonds. The summed E-state index contributed by atoms with van der Waals surface area (Å²) in [7, 11) is 1.89. The van der Waals surface area contributed by atoms with Crippen LogP contribution < -0.4 is 18.3 Å². The fourth-order valence-corrected chi connectivity index (χ4v) is 9.00. The highest BCUT2D eigenvalue weighted by Crippen LogP contribution is 2.36. The molecule has 0 fully saturated rings. The molecule has 9 aromatic rings. The first-order valence-corrected chi connectivity index (χ1v) is 23.9. The van der Waals surface area contributed by atoms with Crippen molar-refractivity contribution in [2.24, 2.45) is 7.05 Å². The summed E-state index contributed by atoms with van der Waals surface area (Å²) in [5.41, 5.74) is 11.8. The van der Waals surface area contributed by atoms with Crippen LogP contribution in [0.25, 0.3) is 78.7 Å². The van der Waals surface area contributed by atoms with E-state index >= 15 is 0 Å². The molecule has 9 rings (SSSR count). The molecule has 0 saturated carbocycles. The van der Waals surface area contributed by atoms with Crippen molar-refractivity contribution in [3.05, 3.63) is 217 Å². The van der Waals surface area contributed by atoms with Crippen LogP contribution in [0.15, 0.2) is 195 Å². The van der Waals surface area contributed by atoms with E-state index in [9.17, 15) is 26.3 Å². The Morgan fingerprint density at radius 3 is 1.04 bits per heavy atom. The van der Waals surface area contributed by atoms with Crippen LogP contribution in [-0.2, 0) is 25.9 Å². The zero-order valence-electron chi connectivity index (χ0n) is 40.1. The van der Waals surface area contributed by atoms with Gasteiger partial charge in [-0.25, -0.2) is 9.13 Å². The van der Waals surface area contributed by atoms with Gasteiger partial charge in [-0.2, -0.15) is 35.5 Å². The van der Waals surface area contributed by atoms with Gasteiger partial charge in [0.05, 0.1) is 11.1 Å². The van der Waals surface area contributed by atoms with Crippen LogP contribution in [-0.4, -0.2) is 0 Å². The summed E-state index contributed by atoms with van der Waals surface area (Å²) in [6.45, 7) is 7.30. The summed E-state index contributed by atoms with van der Waals surface area (Å²) < 4.78 is 92.1. The van der Waals surface area contributed by atoms with Crippen molar-refractivity contribution in [3.63, 3.8) is 0 Å². The first-order valence-electron chi connectivity index (χ1n) is 23.9. The molecule has 0 aliphatic rings. The third-order valence-corrected chi connectivity index (χ3v) is 13.0. The van der Waals surface area contributed by atoms with Gasteiger partial charge < -0.3 is 0 Å². The van der Waals surface area contributed by atoms with Gasteiger partial charge in [-0.05, 0) is 115 Å². The number of benzene rings is 5. The van der Waals surface area contributed by atoms with E-state index in [1.165, 1.54) is 43.5 Å². The van der Waals surface area contributed by atoms with Crippen molar-refractivity contribution < 1.29 is 44.6 Å². The predicted molar refractivity (Wildman–Crippen MR) is 267 cm³/mol.